The van der Waals surface area contributed by atoms with E-state index in [0.717, 1.165) is 17.4 Å². The van der Waals surface area contributed by atoms with Crippen molar-refractivity contribution in [1.29, 1.82) is 0 Å². The second kappa shape index (κ2) is 12.7. The fourth-order valence-corrected chi connectivity index (χ4v) is 8.04. The van der Waals surface area contributed by atoms with Crippen LogP contribution in [0.3, 0.4) is 0 Å². The molecule has 7 nitrogen and oxygen atoms in total. The number of halogens is 4. The van der Waals surface area contributed by atoms with E-state index in [9.17, 15) is 22.8 Å². The topological polar surface area (TPSA) is 71.3 Å². The van der Waals surface area contributed by atoms with E-state index in [0.29, 0.717) is 52.1 Å². The summed E-state index contributed by atoms with van der Waals surface area (Å²) in [4.78, 5) is 38.1. The van der Waals surface area contributed by atoms with Crippen LogP contribution in [-0.4, -0.2) is 56.3 Å². The first kappa shape index (κ1) is 31.1. The number of alkyl halides is 3. The summed E-state index contributed by atoms with van der Waals surface area (Å²) in [6.45, 7) is 8.31. The molecule has 4 aromatic rings. The Morgan fingerprint density at radius 1 is 1.14 bits per heavy atom. The first-order chi connectivity index (χ1) is 20.5. The first-order valence-corrected chi connectivity index (χ1v) is 15.9. The number of amides is 1. The molecule has 1 fully saturated rings. The van der Waals surface area contributed by atoms with E-state index in [1.165, 1.54) is 28.5 Å². The van der Waals surface area contributed by atoms with Gasteiger partial charge in [0.25, 0.3) is 0 Å². The number of benzene rings is 1. The lowest BCUT2D eigenvalue weighted by molar-refractivity contribution is -0.137. The Morgan fingerprint density at radius 3 is 2.37 bits per heavy atom. The summed E-state index contributed by atoms with van der Waals surface area (Å²) in [5, 5.41) is 2.25. The Balaban J connectivity index is 0.000000548. The molecule has 6 rings (SSSR count). The van der Waals surface area contributed by atoms with Gasteiger partial charge in [-0.2, -0.15) is 18.2 Å². The van der Waals surface area contributed by atoms with E-state index in [1.54, 1.807) is 22.7 Å². The summed E-state index contributed by atoms with van der Waals surface area (Å²) in [6, 6.07) is 7.87. The number of carbonyl (C=O) groups is 1. The van der Waals surface area contributed by atoms with Crippen LogP contribution >= 0.6 is 34.7 Å². The van der Waals surface area contributed by atoms with Crippen molar-refractivity contribution >= 4 is 57.3 Å². The van der Waals surface area contributed by atoms with Gasteiger partial charge in [0.1, 0.15) is 5.82 Å². The molecule has 5 heterocycles. The number of thioether (sulfide) groups is 1. The Hall–Kier alpha value is -3.35. The van der Waals surface area contributed by atoms with Gasteiger partial charge in [0.15, 0.2) is 0 Å². The fourth-order valence-electron chi connectivity index (χ4n) is 5.64. The lowest BCUT2D eigenvalue weighted by atomic mass is 10.0. The summed E-state index contributed by atoms with van der Waals surface area (Å²) in [5.41, 5.74) is -0.754. The largest absolute Gasteiger partial charge is 0.417 e. The van der Waals surface area contributed by atoms with E-state index in [4.69, 9.17) is 11.6 Å². The molecule has 0 N–H and O–H groups in total. The monoisotopic (exact) mass is 647 g/mol. The molecule has 43 heavy (non-hydrogen) atoms. The second-order valence-corrected chi connectivity index (χ2v) is 12.8. The van der Waals surface area contributed by atoms with Gasteiger partial charge < -0.3 is 9.80 Å². The number of hydrogen-bond donors (Lipinski definition) is 0. The number of piperazine rings is 1. The molecule has 13 heteroatoms. The average molecular weight is 648 g/mol. The van der Waals surface area contributed by atoms with Crippen LogP contribution < -0.4 is 10.6 Å². The molecule has 0 bridgehead atoms. The fraction of sp³-hybridized carbons (Fsp3) is 0.333. The predicted molar refractivity (Wildman–Crippen MR) is 167 cm³/mol. The minimum Gasteiger partial charge on any atom is -0.352 e. The highest BCUT2D eigenvalue weighted by atomic mass is 35.5. The molecule has 1 amide bonds. The molecule has 1 aromatic carbocycles. The smallest absolute Gasteiger partial charge is 0.352 e. The zero-order valence-corrected chi connectivity index (χ0v) is 25.9. The molecule has 2 atom stereocenters. The average Bonchev–Trinajstić information content (AvgIpc) is 3.28. The lowest BCUT2D eigenvalue weighted by Crippen LogP contribution is -2.58. The number of rotatable bonds is 3. The van der Waals surface area contributed by atoms with Gasteiger partial charge in [-0.15, -0.1) is 23.1 Å². The van der Waals surface area contributed by atoms with E-state index < -0.39 is 17.4 Å². The van der Waals surface area contributed by atoms with Crippen LogP contribution in [0, 0.1) is 0 Å². The van der Waals surface area contributed by atoms with Gasteiger partial charge in [0, 0.05) is 70.2 Å². The summed E-state index contributed by atoms with van der Waals surface area (Å²) in [6.07, 6.45) is 0.736. The zero-order valence-electron chi connectivity index (χ0n) is 23.5. The van der Waals surface area contributed by atoms with Crippen molar-refractivity contribution in [2.75, 3.05) is 23.7 Å². The van der Waals surface area contributed by atoms with Crippen molar-refractivity contribution in [3.63, 3.8) is 0 Å². The summed E-state index contributed by atoms with van der Waals surface area (Å²) < 4.78 is 45.2. The van der Waals surface area contributed by atoms with Crippen LogP contribution in [0.5, 0.6) is 0 Å². The molecule has 0 aliphatic carbocycles. The molecule has 3 aromatic heterocycles. The number of anilines is 1. The normalized spacial score (nSPS) is 18.6. The number of hydrogen-bond acceptors (Lipinski definition) is 7. The molecular formula is C30H29ClF3N5O2S2. The Kier molecular flexibility index (Phi) is 9.19. The van der Waals surface area contributed by atoms with Crippen LogP contribution in [0.25, 0.3) is 21.3 Å². The molecular weight excluding hydrogens is 619 g/mol. The van der Waals surface area contributed by atoms with Crippen molar-refractivity contribution in [3.05, 3.63) is 81.8 Å². The Bertz CT molecular complexity index is 1670. The third kappa shape index (κ3) is 6.32. The van der Waals surface area contributed by atoms with Crippen molar-refractivity contribution in [1.82, 2.24) is 19.4 Å². The quantitative estimate of drug-likeness (QED) is 0.223. The van der Waals surface area contributed by atoms with Gasteiger partial charge in [-0.05, 0) is 56.4 Å². The van der Waals surface area contributed by atoms with Gasteiger partial charge in [-0.1, -0.05) is 24.2 Å². The number of aromatic nitrogens is 3. The predicted octanol–water partition coefficient (Wildman–Crippen LogP) is 6.99. The van der Waals surface area contributed by atoms with E-state index in [2.05, 4.69) is 16.5 Å². The third-order valence-electron chi connectivity index (χ3n) is 7.30. The van der Waals surface area contributed by atoms with Gasteiger partial charge in [0.2, 0.25) is 5.91 Å². The molecule has 2 aliphatic rings. The molecule has 2 aliphatic heterocycles. The number of pyridine rings is 1. The molecule has 1 saturated heterocycles. The maximum Gasteiger partial charge on any atom is 0.417 e. The van der Waals surface area contributed by atoms with Crippen molar-refractivity contribution < 1.29 is 18.0 Å². The summed E-state index contributed by atoms with van der Waals surface area (Å²) in [7, 11) is 0. The standard InChI is InChI=1S/C25H24ClF3N4O2S2.C5H5N/c1-4-19(34)33-13(2)10-31(11-14(33)3)23-16-9-17(25(27,28)29)20(18-8-15(26)12-37-18)22-21(16)32(24(35)30-23)6-5-7-36-22;1-2-4-6-5-3-1/h4,8-9,12-14H,1,5-7,10-11H2,2-3H3;1-5H. The Morgan fingerprint density at radius 2 is 1.84 bits per heavy atom. The van der Waals surface area contributed by atoms with E-state index >= 15 is 0 Å². The van der Waals surface area contributed by atoms with Crippen LogP contribution in [0.1, 0.15) is 25.8 Å². The highest BCUT2D eigenvalue weighted by Gasteiger charge is 2.39. The molecule has 2 unspecified atom stereocenters. The van der Waals surface area contributed by atoms with Crippen LogP contribution in [0.4, 0.5) is 19.0 Å². The maximum atomic E-state index is 14.6. The molecule has 0 saturated carbocycles. The zero-order chi connectivity index (χ0) is 30.9. The van der Waals surface area contributed by atoms with Gasteiger partial charge in [0.05, 0.1) is 16.1 Å². The van der Waals surface area contributed by atoms with Gasteiger partial charge in [-0.3, -0.25) is 14.3 Å². The first-order valence-electron chi connectivity index (χ1n) is 13.6. The number of nitrogens with zero attached hydrogens (tertiary/aromatic N) is 5. The molecule has 226 valence electrons. The SMILES string of the molecule is C=CC(=O)N1C(C)CN(c2nc(=O)n3c4c(c(-c5cc(Cl)cs5)c(C(F)(F)F)cc24)SCCC3)CC1C.c1ccncc1. The third-order valence-corrected chi connectivity index (χ3v) is 9.78. The Labute approximate surface area is 260 Å². The number of carbonyl (C=O) groups excluding carboxylic acids is 1. The number of aryl methyl sites for hydroxylation is 1. The molecule has 0 spiro atoms. The van der Waals surface area contributed by atoms with Crippen molar-refractivity contribution in [2.45, 2.75) is 50.0 Å². The summed E-state index contributed by atoms with van der Waals surface area (Å²) in [5.74, 6) is 0.566. The van der Waals surface area contributed by atoms with Gasteiger partial charge >= 0.3 is 11.9 Å². The maximum absolute atomic E-state index is 14.6. The lowest BCUT2D eigenvalue weighted by Gasteiger charge is -2.44. The highest BCUT2D eigenvalue weighted by molar-refractivity contribution is 7.99. The van der Waals surface area contributed by atoms with E-state index in [-0.39, 0.29) is 34.8 Å². The minimum atomic E-state index is -4.64. The highest BCUT2D eigenvalue weighted by Crippen LogP contribution is 2.49. The summed E-state index contributed by atoms with van der Waals surface area (Å²) >= 11 is 8.58. The van der Waals surface area contributed by atoms with Crippen LogP contribution in [0.2, 0.25) is 5.02 Å². The van der Waals surface area contributed by atoms with Crippen LogP contribution in [0.15, 0.2) is 70.5 Å². The minimum absolute atomic E-state index is 0.0530. The van der Waals surface area contributed by atoms with Gasteiger partial charge in [-0.25, -0.2) is 4.79 Å². The van der Waals surface area contributed by atoms with Crippen molar-refractivity contribution in [3.8, 4) is 10.4 Å². The van der Waals surface area contributed by atoms with Crippen LogP contribution in [-0.2, 0) is 17.5 Å². The van der Waals surface area contributed by atoms with Crippen molar-refractivity contribution in [2.24, 2.45) is 0 Å². The molecule has 0 radical (unpaired) electrons. The van der Waals surface area contributed by atoms with E-state index in [1.807, 2.05) is 36.9 Å². The second-order valence-electron chi connectivity index (χ2n) is 10.3. The number of thiophene rings is 1.